The van der Waals surface area contributed by atoms with Gasteiger partial charge in [0.05, 0.1) is 0 Å². The third-order valence-electron chi connectivity index (χ3n) is 4.53. The fourth-order valence-electron chi connectivity index (χ4n) is 3.34. The molecule has 0 spiro atoms. The van der Waals surface area contributed by atoms with E-state index < -0.39 is 0 Å². The van der Waals surface area contributed by atoms with E-state index in [2.05, 4.69) is 26.5 Å². The number of allylic oxidation sites excluding steroid dienone is 3. The second kappa shape index (κ2) is 6.38. The molecule has 1 aromatic rings. The number of phenolic OH excluding ortho intramolecular Hbond substituents is 2. The molecule has 0 fully saturated rings. The van der Waals surface area contributed by atoms with E-state index in [1.807, 2.05) is 13.0 Å². The molecule has 1 aliphatic rings. The zero-order valence-electron chi connectivity index (χ0n) is 13.3. The lowest BCUT2D eigenvalue weighted by atomic mass is 9.73. The molecule has 2 rings (SSSR count). The Morgan fingerprint density at radius 3 is 2.67 bits per heavy atom. The molecular formula is C19H26O2. The first-order valence-electron chi connectivity index (χ1n) is 7.82. The van der Waals surface area contributed by atoms with E-state index >= 15 is 0 Å². The Labute approximate surface area is 127 Å². The molecule has 0 radical (unpaired) electrons. The summed E-state index contributed by atoms with van der Waals surface area (Å²) in [5, 5.41) is 20.6. The average molecular weight is 286 g/mol. The molecule has 114 valence electrons. The van der Waals surface area contributed by atoms with Gasteiger partial charge in [-0.2, -0.15) is 0 Å². The summed E-state index contributed by atoms with van der Waals surface area (Å²) in [6.45, 7) is 10.4. The van der Waals surface area contributed by atoms with Gasteiger partial charge in [-0.3, -0.25) is 0 Å². The van der Waals surface area contributed by atoms with Crippen molar-refractivity contribution in [1.29, 1.82) is 0 Å². The number of benzene rings is 1. The number of aromatic hydroxyl groups is 2. The molecule has 21 heavy (non-hydrogen) atoms. The normalized spacial score (nSPS) is 22.0. The van der Waals surface area contributed by atoms with Crippen molar-refractivity contribution in [3.05, 3.63) is 47.1 Å². The Kier molecular flexibility index (Phi) is 4.76. The summed E-state index contributed by atoms with van der Waals surface area (Å²) in [7, 11) is 0. The number of hydrogen-bond acceptors (Lipinski definition) is 2. The standard InChI is InChI=1S/C19H26O2/c1-5-6-16-18(20)10-9-15(19(16)21)17-11-13(4)7-8-14(17)12(2)3/h9-11,14,17,20-21H,2,5-8H2,1,3-4H3. The van der Waals surface area contributed by atoms with Crippen molar-refractivity contribution >= 4 is 0 Å². The minimum Gasteiger partial charge on any atom is -0.508 e. The van der Waals surface area contributed by atoms with Gasteiger partial charge in [-0.1, -0.05) is 43.2 Å². The topological polar surface area (TPSA) is 40.5 Å². The van der Waals surface area contributed by atoms with E-state index in [1.165, 1.54) is 5.57 Å². The van der Waals surface area contributed by atoms with Crippen LogP contribution in [0.25, 0.3) is 0 Å². The second-order valence-corrected chi connectivity index (χ2v) is 6.28. The van der Waals surface area contributed by atoms with Gasteiger partial charge in [-0.15, -0.1) is 0 Å². The lowest BCUT2D eigenvalue weighted by Gasteiger charge is -2.31. The Morgan fingerprint density at radius 1 is 1.33 bits per heavy atom. The molecule has 0 heterocycles. The molecule has 0 aromatic heterocycles. The molecule has 1 aliphatic carbocycles. The zero-order chi connectivity index (χ0) is 15.6. The Bertz CT molecular complexity index is 569. The van der Waals surface area contributed by atoms with Crippen LogP contribution in [0.4, 0.5) is 0 Å². The van der Waals surface area contributed by atoms with Crippen LogP contribution in [0.2, 0.25) is 0 Å². The molecule has 2 unspecified atom stereocenters. The maximum atomic E-state index is 10.6. The van der Waals surface area contributed by atoms with Crippen LogP contribution in [0.3, 0.4) is 0 Å². The third kappa shape index (κ3) is 3.15. The van der Waals surface area contributed by atoms with E-state index in [-0.39, 0.29) is 17.4 Å². The van der Waals surface area contributed by atoms with Crippen molar-refractivity contribution in [1.82, 2.24) is 0 Å². The molecule has 2 heteroatoms. The molecule has 0 amide bonds. The highest BCUT2D eigenvalue weighted by Crippen LogP contribution is 2.45. The van der Waals surface area contributed by atoms with Gasteiger partial charge in [0.25, 0.3) is 0 Å². The largest absolute Gasteiger partial charge is 0.508 e. The van der Waals surface area contributed by atoms with E-state index in [0.717, 1.165) is 30.4 Å². The van der Waals surface area contributed by atoms with Crippen LogP contribution in [0, 0.1) is 5.92 Å². The highest BCUT2D eigenvalue weighted by molar-refractivity contribution is 5.52. The van der Waals surface area contributed by atoms with Crippen LogP contribution >= 0.6 is 0 Å². The highest BCUT2D eigenvalue weighted by Gasteiger charge is 2.28. The fraction of sp³-hybridized carbons (Fsp3) is 0.474. The molecule has 1 aromatic carbocycles. The summed E-state index contributed by atoms with van der Waals surface area (Å²) in [6.07, 6.45) is 6.01. The predicted molar refractivity (Wildman–Crippen MR) is 87.8 cm³/mol. The first-order valence-corrected chi connectivity index (χ1v) is 7.82. The van der Waals surface area contributed by atoms with Crippen molar-refractivity contribution in [3.63, 3.8) is 0 Å². The van der Waals surface area contributed by atoms with Gasteiger partial charge in [0.2, 0.25) is 0 Å². The minimum atomic E-state index is 0.160. The van der Waals surface area contributed by atoms with Gasteiger partial charge >= 0.3 is 0 Å². The molecule has 0 saturated heterocycles. The van der Waals surface area contributed by atoms with Gasteiger partial charge < -0.3 is 10.2 Å². The summed E-state index contributed by atoms with van der Waals surface area (Å²) < 4.78 is 0. The van der Waals surface area contributed by atoms with Crippen molar-refractivity contribution in [2.24, 2.45) is 5.92 Å². The first-order chi connectivity index (χ1) is 9.95. The van der Waals surface area contributed by atoms with Gasteiger partial charge in [0.15, 0.2) is 0 Å². The van der Waals surface area contributed by atoms with Crippen LogP contribution in [0.1, 0.15) is 57.1 Å². The number of rotatable bonds is 4. The molecule has 2 atom stereocenters. The van der Waals surface area contributed by atoms with Crippen LogP contribution in [-0.2, 0) is 6.42 Å². The summed E-state index contributed by atoms with van der Waals surface area (Å²) >= 11 is 0. The third-order valence-corrected chi connectivity index (χ3v) is 4.53. The predicted octanol–water partition coefficient (Wildman–Crippen LogP) is 5.07. The van der Waals surface area contributed by atoms with E-state index in [4.69, 9.17) is 0 Å². The minimum absolute atomic E-state index is 0.160. The molecule has 2 N–H and O–H groups in total. The number of hydrogen-bond donors (Lipinski definition) is 2. The van der Waals surface area contributed by atoms with E-state index in [0.29, 0.717) is 17.9 Å². The maximum absolute atomic E-state index is 10.6. The highest BCUT2D eigenvalue weighted by atomic mass is 16.3. The van der Waals surface area contributed by atoms with Crippen molar-refractivity contribution < 1.29 is 10.2 Å². The van der Waals surface area contributed by atoms with Crippen molar-refractivity contribution in [2.75, 3.05) is 0 Å². The molecule has 2 nitrogen and oxygen atoms in total. The molecule has 0 saturated carbocycles. The lowest BCUT2D eigenvalue weighted by Crippen LogP contribution is -2.17. The van der Waals surface area contributed by atoms with Gasteiger partial charge in [0, 0.05) is 17.0 Å². The smallest absolute Gasteiger partial charge is 0.126 e. The van der Waals surface area contributed by atoms with E-state index in [9.17, 15) is 10.2 Å². The van der Waals surface area contributed by atoms with Crippen LogP contribution < -0.4 is 0 Å². The van der Waals surface area contributed by atoms with Crippen LogP contribution in [0.5, 0.6) is 11.5 Å². The van der Waals surface area contributed by atoms with Crippen LogP contribution in [-0.4, -0.2) is 10.2 Å². The number of phenols is 2. The first kappa shape index (κ1) is 15.7. The van der Waals surface area contributed by atoms with Crippen molar-refractivity contribution in [2.45, 2.75) is 52.4 Å². The van der Waals surface area contributed by atoms with Gasteiger partial charge in [-0.25, -0.2) is 0 Å². The zero-order valence-corrected chi connectivity index (χ0v) is 13.3. The molecule has 0 aliphatic heterocycles. The lowest BCUT2D eigenvalue weighted by molar-refractivity contribution is 0.417. The van der Waals surface area contributed by atoms with E-state index in [1.54, 1.807) is 6.07 Å². The SMILES string of the molecule is C=C(C)C1CCC(C)=CC1c1ccc(O)c(CCC)c1O. The molecular weight excluding hydrogens is 260 g/mol. The van der Waals surface area contributed by atoms with Crippen molar-refractivity contribution in [3.8, 4) is 11.5 Å². The monoisotopic (exact) mass is 286 g/mol. The van der Waals surface area contributed by atoms with Gasteiger partial charge in [0.1, 0.15) is 11.5 Å². The Balaban J connectivity index is 2.50. The van der Waals surface area contributed by atoms with Crippen LogP contribution in [0.15, 0.2) is 35.9 Å². The Hall–Kier alpha value is -1.70. The summed E-state index contributed by atoms with van der Waals surface area (Å²) in [5.74, 6) is 0.978. The second-order valence-electron chi connectivity index (χ2n) is 6.28. The average Bonchev–Trinajstić information content (AvgIpc) is 2.43. The fourth-order valence-corrected chi connectivity index (χ4v) is 3.34. The maximum Gasteiger partial charge on any atom is 0.126 e. The van der Waals surface area contributed by atoms with Gasteiger partial charge in [-0.05, 0) is 45.1 Å². The Morgan fingerprint density at radius 2 is 2.05 bits per heavy atom. The summed E-state index contributed by atoms with van der Waals surface area (Å²) in [4.78, 5) is 0. The summed E-state index contributed by atoms with van der Waals surface area (Å²) in [6, 6.07) is 3.58. The molecule has 0 bridgehead atoms. The summed E-state index contributed by atoms with van der Waals surface area (Å²) in [5.41, 5.74) is 4.12. The quantitative estimate of drug-likeness (QED) is 0.759.